The Labute approximate surface area is 158 Å². The molecule has 0 saturated carbocycles. The number of carbonyl (C=O) groups excluding carboxylic acids is 3. The summed E-state index contributed by atoms with van der Waals surface area (Å²) in [4.78, 5) is 42.1. The summed E-state index contributed by atoms with van der Waals surface area (Å²) < 4.78 is 10.4. The van der Waals surface area contributed by atoms with Crippen molar-refractivity contribution in [3.8, 4) is 0 Å². The number of ether oxygens (including phenoxy) is 1. The van der Waals surface area contributed by atoms with E-state index in [2.05, 4.69) is 4.98 Å². The first-order valence-corrected chi connectivity index (χ1v) is 9.04. The maximum absolute atomic E-state index is 13.2. The van der Waals surface area contributed by atoms with E-state index in [1.54, 1.807) is 46.8 Å². The predicted molar refractivity (Wildman–Crippen MR) is 99.6 cm³/mol. The molecule has 0 bridgehead atoms. The number of aromatic nitrogens is 1. The fourth-order valence-electron chi connectivity index (χ4n) is 3.09. The smallest absolute Gasteiger partial charge is 0.355 e. The molecule has 2 aromatic heterocycles. The summed E-state index contributed by atoms with van der Waals surface area (Å²) in [6.45, 7) is 9.05. The van der Waals surface area contributed by atoms with Crippen molar-refractivity contribution in [2.45, 2.75) is 53.6 Å². The Morgan fingerprint density at radius 2 is 1.96 bits per heavy atom. The maximum Gasteiger partial charge on any atom is 0.355 e. The molecule has 2 aromatic rings. The van der Waals surface area contributed by atoms with Crippen LogP contribution in [0.2, 0.25) is 0 Å². The van der Waals surface area contributed by atoms with Crippen molar-refractivity contribution in [1.82, 2.24) is 9.88 Å². The Morgan fingerprint density at radius 1 is 1.26 bits per heavy atom. The van der Waals surface area contributed by atoms with Crippen molar-refractivity contribution in [2.24, 2.45) is 0 Å². The Kier molecular flexibility index (Phi) is 6.60. The van der Waals surface area contributed by atoms with Crippen molar-refractivity contribution in [3.63, 3.8) is 0 Å². The van der Waals surface area contributed by atoms with Gasteiger partial charge in [-0.3, -0.25) is 9.59 Å². The average Bonchev–Trinajstić information content (AvgIpc) is 3.25. The predicted octanol–water partition coefficient (Wildman–Crippen LogP) is 3.41. The third kappa shape index (κ3) is 4.30. The molecule has 2 heterocycles. The highest BCUT2D eigenvalue weighted by atomic mass is 16.5. The molecule has 0 radical (unpaired) electrons. The summed E-state index contributed by atoms with van der Waals surface area (Å²) in [5.74, 6) is -0.276. The minimum absolute atomic E-state index is 0.149. The van der Waals surface area contributed by atoms with E-state index in [1.807, 2.05) is 0 Å². The van der Waals surface area contributed by atoms with E-state index in [9.17, 15) is 14.4 Å². The average molecular weight is 374 g/mol. The molecule has 7 nitrogen and oxygen atoms in total. The summed E-state index contributed by atoms with van der Waals surface area (Å²) in [5.41, 5.74) is 1.79. The Balaban J connectivity index is 2.33. The normalized spacial score (nSPS) is 11.9. The SMILES string of the molecule is CCOC(=O)c1[nH]c(C)c(C(=O)[C@@H](C)N(Cc2ccco2)C(=O)CC)c1C. The molecule has 1 atom stereocenters. The molecule has 1 amide bonds. The van der Waals surface area contributed by atoms with Crippen LogP contribution in [0.25, 0.3) is 0 Å². The number of hydrogen-bond acceptors (Lipinski definition) is 5. The molecule has 0 unspecified atom stereocenters. The van der Waals surface area contributed by atoms with Gasteiger partial charge in [-0.15, -0.1) is 0 Å². The zero-order valence-corrected chi connectivity index (χ0v) is 16.4. The number of H-pyrrole nitrogens is 1. The number of Topliss-reactive ketones (excluding diaryl/α,β-unsaturated/α-hetero) is 1. The largest absolute Gasteiger partial charge is 0.467 e. The zero-order valence-electron chi connectivity index (χ0n) is 16.4. The molecule has 0 aromatic carbocycles. The van der Waals surface area contributed by atoms with Crippen LogP contribution in [0.4, 0.5) is 0 Å². The van der Waals surface area contributed by atoms with Gasteiger partial charge in [0.2, 0.25) is 5.91 Å². The van der Waals surface area contributed by atoms with Crippen LogP contribution in [-0.4, -0.2) is 40.2 Å². The van der Waals surface area contributed by atoms with E-state index in [1.165, 1.54) is 11.2 Å². The van der Waals surface area contributed by atoms with Crippen LogP contribution in [0.1, 0.15) is 65.1 Å². The number of nitrogens with one attached hydrogen (secondary N) is 1. The molecule has 0 aliphatic carbocycles. The molecule has 0 aliphatic rings. The summed E-state index contributed by atoms with van der Waals surface area (Å²) in [6.07, 6.45) is 1.81. The summed E-state index contributed by atoms with van der Waals surface area (Å²) in [5, 5.41) is 0. The Hall–Kier alpha value is -2.83. The number of nitrogens with zero attached hydrogens (tertiary/aromatic N) is 1. The van der Waals surface area contributed by atoms with Crippen molar-refractivity contribution in [3.05, 3.63) is 46.7 Å². The molecule has 0 saturated heterocycles. The lowest BCUT2D eigenvalue weighted by Crippen LogP contribution is -2.42. The number of ketones is 1. The standard InChI is InChI=1S/C20H26N2O5/c1-6-16(23)22(11-15-9-8-10-27-15)14(5)19(24)17-12(3)18(21-13(17)4)20(25)26-7-2/h8-10,14,21H,6-7,11H2,1-5H3/t14-/m1/s1. The van der Waals surface area contributed by atoms with Crippen molar-refractivity contribution in [1.29, 1.82) is 0 Å². The molecule has 0 fully saturated rings. The first-order valence-electron chi connectivity index (χ1n) is 9.04. The number of rotatable bonds is 8. The third-order valence-corrected chi connectivity index (χ3v) is 4.54. The monoisotopic (exact) mass is 374 g/mol. The van der Waals surface area contributed by atoms with Crippen LogP contribution in [-0.2, 0) is 16.1 Å². The molecule has 0 spiro atoms. The van der Waals surface area contributed by atoms with Crippen molar-refractivity contribution < 1.29 is 23.5 Å². The van der Waals surface area contributed by atoms with Gasteiger partial charge in [0.15, 0.2) is 5.78 Å². The van der Waals surface area contributed by atoms with E-state index in [-0.39, 0.29) is 37.0 Å². The van der Waals surface area contributed by atoms with E-state index < -0.39 is 12.0 Å². The highest BCUT2D eigenvalue weighted by molar-refractivity contribution is 6.06. The second-order valence-electron chi connectivity index (χ2n) is 6.34. The molecule has 27 heavy (non-hydrogen) atoms. The first-order chi connectivity index (χ1) is 12.8. The Morgan fingerprint density at radius 3 is 2.52 bits per heavy atom. The zero-order chi connectivity index (χ0) is 20.1. The van der Waals surface area contributed by atoms with Gasteiger partial charge in [0.05, 0.1) is 25.5 Å². The van der Waals surface area contributed by atoms with Crippen LogP contribution < -0.4 is 0 Å². The van der Waals surface area contributed by atoms with Gasteiger partial charge in [-0.1, -0.05) is 6.92 Å². The van der Waals surface area contributed by atoms with Gasteiger partial charge >= 0.3 is 5.97 Å². The van der Waals surface area contributed by atoms with Crippen LogP contribution in [0.15, 0.2) is 22.8 Å². The van der Waals surface area contributed by atoms with Gasteiger partial charge in [0.1, 0.15) is 11.5 Å². The van der Waals surface area contributed by atoms with Gasteiger partial charge in [-0.25, -0.2) is 4.79 Å². The van der Waals surface area contributed by atoms with Crippen LogP contribution in [0.3, 0.4) is 0 Å². The molecule has 146 valence electrons. The van der Waals surface area contributed by atoms with Gasteiger partial charge in [-0.2, -0.15) is 0 Å². The summed E-state index contributed by atoms with van der Waals surface area (Å²) in [6, 6.07) is 2.80. The van der Waals surface area contributed by atoms with E-state index >= 15 is 0 Å². The van der Waals surface area contributed by atoms with Gasteiger partial charge in [0.25, 0.3) is 0 Å². The van der Waals surface area contributed by atoms with Gasteiger partial charge in [0, 0.05) is 17.7 Å². The topological polar surface area (TPSA) is 92.6 Å². The molecule has 2 rings (SSSR count). The number of furan rings is 1. The highest BCUT2D eigenvalue weighted by Crippen LogP contribution is 2.23. The van der Waals surface area contributed by atoms with Gasteiger partial charge in [-0.05, 0) is 45.4 Å². The highest BCUT2D eigenvalue weighted by Gasteiger charge is 2.31. The lowest BCUT2D eigenvalue weighted by molar-refractivity contribution is -0.133. The van der Waals surface area contributed by atoms with Crippen LogP contribution in [0, 0.1) is 13.8 Å². The molecule has 7 heteroatoms. The first kappa shape index (κ1) is 20.5. The molecule has 1 N–H and O–H groups in total. The quantitative estimate of drug-likeness (QED) is 0.565. The minimum atomic E-state index is -0.703. The second kappa shape index (κ2) is 8.70. The minimum Gasteiger partial charge on any atom is -0.467 e. The number of amides is 1. The maximum atomic E-state index is 13.2. The number of carbonyl (C=O) groups is 3. The molecular formula is C20H26N2O5. The lowest BCUT2D eigenvalue weighted by atomic mass is 9.99. The van der Waals surface area contributed by atoms with Crippen LogP contribution >= 0.6 is 0 Å². The van der Waals surface area contributed by atoms with Crippen LogP contribution in [0.5, 0.6) is 0 Å². The molecular weight excluding hydrogens is 348 g/mol. The third-order valence-electron chi connectivity index (χ3n) is 4.54. The number of aromatic amines is 1. The Bertz CT molecular complexity index is 820. The lowest BCUT2D eigenvalue weighted by Gasteiger charge is -2.27. The van der Waals surface area contributed by atoms with E-state index in [0.717, 1.165) is 0 Å². The van der Waals surface area contributed by atoms with E-state index in [0.29, 0.717) is 22.6 Å². The number of aryl methyl sites for hydroxylation is 1. The van der Waals surface area contributed by atoms with Crippen molar-refractivity contribution >= 4 is 17.7 Å². The number of esters is 1. The summed E-state index contributed by atoms with van der Waals surface area (Å²) in [7, 11) is 0. The number of hydrogen-bond donors (Lipinski definition) is 1. The molecule has 0 aliphatic heterocycles. The van der Waals surface area contributed by atoms with Crippen molar-refractivity contribution in [2.75, 3.05) is 6.61 Å². The van der Waals surface area contributed by atoms with Gasteiger partial charge < -0.3 is 19.0 Å². The fraction of sp³-hybridized carbons (Fsp3) is 0.450. The van der Waals surface area contributed by atoms with E-state index in [4.69, 9.17) is 9.15 Å². The summed E-state index contributed by atoms with van der Waals surface area (Å²) >= 11 is 0. The fourth-order valence-corrected chi connectivity index (χ4v) is 3.09. The second-order valence-corrected chi connectivity index (χ2v) is 6.34.